The highest BCUT2D eigenvalue weighted by molar-refractivity contribution is 5.74. The summed E-state index contributed by atoms with van der Waals surface area (Å²) in [6.07, 6.45) is 2.50. The van der Waals surface area contributed by atoms with Gasteiger partial charge in [-0.25, -0.2) is 0 Å². The molecule has 3 aromatic carbocycles. The third kappa shape index (κ3) is 6.77. The summed E-state index contributed by atoms with van der Waals surface area (Å²) in [6, 6.07) is 19.5. The van der Waals surface area contributed by atoms with Crippen molar-refractivity contribution in [1.82, 2.24) is 0 Å². The van der Waals surface area contributed by atoms with E-state index < -0.39 is 0 Å². The van der Waals surface area contributed by atoms with Crippen LogP contribution in [0.4, 0.5) is 0 Å². The Labute approximate surface area is 170 Å². The number of aromatic hydroxyl groups is 2. The van der Waals surface area contributed by atoms with Gasteiger partial charge in [0.15, 0.2) is 0 Å². The minimum Gasteiger partial charge on any atom is -0.508 e. The number of aryl methyl sites for hydroxylation is 2. The minimum absolute atomic E-state index is 0.314. The number of rotatable bonds is 2. The smallest absolute Gasteiger partial charge is 0.118 e. The average molecular weight is 379 g/mol. The normalized spacial score (nSPS) is 9.64. The van der Waals surface area contributed by atoms with Gasteiger partial charge < -0.3 is 10.2 Å². The van der Waals surface area contributed by atoms with Crippen molar-refractivity contribution >= 4 is 0 Å². The molecular formula is C26H34O2. The fourth-order valence-corrected chi connectivity index (χ4v) is 2.55. The Balaban J connectivity index is 0.000000582. The van der Waals surface area contributed by atoms with Crippen LogP contribution in [0, 0.1) is 13.8 Å². The minimum atomic E-state index is 0.314. The molecule has 2 nitrogen and oxygen atoms in total. The highest BCUT2D eigenvalue weighted by Gasteiger charge is 2.05. The summed E-state index contributed by atoms with van der Waals surface area (Å²) in [6.45, 7) is 12.3. The fourth-order valence-electron chi connectivity index (χ4n) is 2.55. The Kier molecular flexibility index (Phi) is 9.87. The van der Waals surface area contributed by atoms with Crippen molar-refractivity contribution < 1.29 is 10.2 Å². The van der Waals surface area contributed by atoms with Gasteiger partial charge in [-0.05, 0) is 77.6 Å². The van der Waals surface area contributed by atoms with Crippen LogP contribution in [0.1, 0.15) is 51.7 Å². The van der Waals surface area contributed by atoms with Crippen molar-refractivity contribution in [3.8, 4) is 33.8 Å². The lowest BCUT2D eigenvalue weighted by atomic mass is 9.97. The zero-order chi connectivity index (χ0) is 21.1. The van der Waals surface area contributed by atoms with Crippen LogP contribution in [0.15, 0.2) is 60.7 Å². The molecule has 0 atom stereocenters. The first kappa shape index (κ1) is 23.3. The molecule has 0 radical (unpaired) electrons. The van der Waals surface area contributed by atoms with Crippen LogP contribution in [0.3, 0.4) is 0 Å². The molecule has 150 valence electrons. The molecule has 0 saturated heterocycles. The molecule has 28 heavy (non-hydrogen) atoms. The van der Waals surface area contributed by atoms with Crippen LogP contribution >= 0.6 is 0 Å². The SMILES string of the molecule is CCC.CCC.Cc1cc(-c2cccc(-c3ccc(O)c(C)c3)c2)ccc1O. The Morgan fingerprint density at radius 2 is 0.857 bits per heavy atom. The van der Waals surface area contributed by atoms with E-state index >= 15 is 0 Å². The molecule has 0 aromatic heterocycles. The predicted molar refractivity (Wildman–Crippen MR) is 122 cm³/mol. The van der Waals surface area contributed by atoms with Gasteiger partial charge in [-0.1, -0.05) is 70.9 Å². The molecule has 0 aliphatic rings. The van der Waals surface area contributed by atoms with Crippen molar-refractivity contribution in [3.05, 3.63) is 71.8 Å². The second kappa shape index (κ2) is 11.9. The van der Waals surface area contributed by atoms with E-state index in [4.69, 9.17) is 0 Å². The lowest BCUT2D eigenvalue weighted by Crippen LogP contribution is -1.84. The predicted octanol–water partition coefficient (Wildman–Crippen LogP) is 7.88. The maximum atomic E-state index is 9.66. The summed E-state index contributed by atoms with van der Waals surface area (Å²) >= 11 is 0. The largest absolute Gasteiger partial charge is 0.508 e. The molecular weight excluding hydrogens is 344 g/mol. The van der Waals surface area contributed by atoms with Crippen molar-refractivity contribution in [3.63, 3.8) is 0 Å². The van der Waals surface area contributed by atoms with Gasteiger partial charge in [-0.2, -0.15) is 0 Å². The lowest BCUT2D eigenvalue weighted by molar-refractivity contribution is 0.471. The Morgan fingerprint density at radius 3 is 1.18 bits per heavy atom. The van der Waals surface area contributed by atoms with E-state index in [-0.39, 0.29) is 0 Å². The van der Waals surface area contributed by atoms with Gasteiger partial charge in [-0.15, -0.1) is 0 Å². The third-order valence-corrected chi connectivity index (χ3v) is 3.92. The first-order chi connectivity index (χ1) is 13.4. The van der Waals surface area contributed by atoms with Gasteiger partial charge in [0.1, 0.15) is 11.5 Å². The zero-order valence-corrected chi connectivity index (χ0v) is 18.1. The summed E-state index contributed by atoms with van der Waals surface area (Å²) in [5.74, 6) is 0.628. The van der Waals surface area contributed by atoms with Crippen molar-refractivity contribution in [1.29, 1.82) is 0 Å². The van der Waals surface area contributed by atoms with E-state index in [1.807, 2.05) is 44.2 Å². The van der Waals surface area contributed by atoms with Crippen LogP contribution in [0.2, 0.25) is 0 Å². The molecule has 3 aromatic rings. The van der Waals surface area contributed by atoms with Gasteiger partial charge in [0, 0.05) is 0 Å². The second-order valence-electron chi connectivity index (χ2n) is 7.00. The Bertz CT molecular complexity index is 797. The molecule has 0 aliphatic heterocycles. The molecule has 0 spiro atoms. The number of phenolic OH excluding ortho intramolecular Hbond substituents is 2. The number of hydrogen-bond acceptors (Lipinski definition) is 2. The third-order valence-electron chi connectivity index (χ3n) is 3.92. The van der Waals surface area contributed by atoms with E-state index in [0.717, 1.165) is 33.4 Å². The van der Waals surface area contributed by atoms with Crippen molar-refractivity contribution in [2.75, 3.05) is 0 Å². The highest BCUT2D eigenvalue weighted by atomic mass is 16.3. The van der Waals surface area contributed by atoms with E-state index in [0.29, 0.717) is 11.5 Å². The number of hydrogen-bond donors (Lipinski definition) is 2. The van der Waals surface area contributed by atoms with Crippen molar-refractivity contribution in [2.45, 2.75) is 54.4 Å². The van der Waals surface area contributed by atoms with Gasteiger partial charge in [0.2, 0.25) is 0 Å². The van der Waals surface area contributed by atoms with Gasteiger partial charge in [0.05, 0.1) is 0 Å². The summed E-state index contributed by atoms with van der Waals surface area (Å²) in [5, 5.41) is 19.3. The quantitative estimate of drug-likeness (QED) is 0.476. The van der Waals surface area contributed by atoms with Gasteiger partial charge in [-0.3, -0.25) is 0 Å². The van der Waals surface area contributed by atoms with Crippen LogP contribution in [-0.4, -0.2) is 10.2 Å². The van der Waals surface area contributed by atoms with E-state index in [2.05, 4.69) is 45.9 Å². The molecule has 0 bridgehead atoms. The Morgan fingerprint density at radius 1 is 0.536 bits per heavy atom. The highest BCUT2D eigenvalue weighted by Crippen LogP contribution is 2.30. The standard InChI is InChI=1S/C20H18O2.2C3H8/c1-13-10-17(6-8-19(13)21)15-4-3-5-16(12-15)18-7-9-20(22)14(2)11-18;2*1-3-2/h3-12,21-22H,1-2H3;2*3H2,1-2H3. The summed E-state index contributed by atoms with van der Waals surface area (Å²) in [4.78, 5) is 0. The summed E-state index contributed by atoms with van der Waals surface area (Å²) in [7, 11) is 0. The van der Waals surface area contributed by atoms with E-state index in [1.54, 1.807) is 12.1 Å². The molecule has 0 fully saturated rings. The average Bonchev–Trinajstić information content (AvgIpc) is 2.67. The van der Waals surface area contributed by atoms with Crippen LogP contribution < -0.4 is 0 Å². The molecule has 2 heteroatoms. The van der Waals surface area contributed by atoms with Gasteiger partial charge in [0.25, 0.3) is 0 Å². The first-order valence-electron chi connectivity index (χ1n) is 10.1. The fraction of sp³-hybridized carbons (Fsp3) is 0.308. The second-order valence-corrected chi connectivity index (χ2v) is 7.00. The van der Waals surface area contributed by atoms with Crippen LogP contribution in [-0.2, 0) is 0 Å². The zero-order valence-electron chi connectivity index (χ0n) is 18.1. The van der Waals surface area contributed by atoms with Crippen LogP contribution in [0.25, 0.3) is 22.3 Å². The van der Waals surface area contributed by atoms with E-state index in [9.17, 15) is 10.2 Å². The Hall–Kier alpha value is -2.74. The summed E-state index contributed by atoms with van der Waals surface area (Å²) in [5.41, 5.74) is 6.09. The lowest BCUT2D eigenvalue weighted by Gasteiger charge is -2.09. The maximum Gasteiger partial charge on any atom is 0.118 e. The molecule has 0 unspecified atom stereocenters. The molecule has 2 N–H and O–H groups in total. The topological polar surface area (TPSA) is 40.5 Å². The number of phenols is 2. The van der Waals surface area contributed by atoms with Gasteiger partial charge >= 0.3 is 0 Å². The number of benzene rings is 3. The first-order valence-corrected chi connectivity index (χ1v) is 10.1. The molecule has 3 rings (SSSR count). The molecule has 0 amide bonds. The molecule has 0 heterocycles. The molecule has 0 aliphatic carbocycles. The van der Waals surface area contributed by atoms with Crippen molar-refractivity contribution in [2.24, 2.45) is 0 Å². The maximum absolute atomic E-state index is 9.66. The van der Waals surface area contributed by atoms with Crippen LogP contribution in [0.5, 0.6) is 11.5 Å². The van der Waals surface area contributed by atoms with E-state index in [1.165, 1.54) is 12.8 Å². The molecule has 0 saturated carbocycles. The summed E-state index contributed by atoms with van der Waals surface area (Å²) < 4.78 is 0. The monoisotopic (exact) mass is 378 g/mol.